The Balaban J connectivity index is 1.99. The summed E-state index contributed by atoms with van der Waals surface area (Å²) in [4.78, 5) is 3.51. The van der Waals surface area contributed by atoms with Crippen molar-refractivity contribution in [3.63, 3.8) is 0 Å². The molecule has 3 aromatic carbocycles. The fourth-order valence-corrected chi connectivity index (χ4v) is 3.59. The molecule has 1 heterocycles. The first-order valence-electron chi connectivity index (χ1n) is 8.53. The van der Waals surface area contributed by atoms with E-state index in [0.717, 1.165) is 39.2 Å². The number of benzene rings is 3. The molecule has 4 heteroatoms. The highest BCUT2D eigenvalue weighted by Gasteiger charge is 2.19. The zero-order chi connectivity index (χ0) is 19.0. The van der Waals surface area contributed by atoms with Gasteiger partial charge in [0.05, 0.1) is 5.69 Å². The molecule has 0 spiro atoms. The number of H-pyrrole nitrogens is 1. The molecule has 0 unspecified atom stereocenters. The van der Waals surface area contributed by atoms with Gasteiger partial charge in [-0.2, -0.15) is 0 Å². The number of rotatable bonds is 3. The van der Waals surface area contributed by atoms with Gasteiger partial charge in [-0.25, -0.2) is 4.39 Å². The van der Waals surface area contributed by atoms with E-state index >= 15 is 0 Å². The number of aromatic nitrogens is 1. The number of halogens is 3. The van der Waals surface area contributed by atoms with E-state index in [-0.39, 0.29) is 5.82 Å². The highest BCUT2D eigenvalue weighted by molar-refractivity contribution is 6.31. The molecule has 4 rings (SSSR count). The molecule has 0 aliphatic heterocycles. The van der Waals surface area contributed by atoms with Crippen LogP contribution in [0.15, 0.2) is 72.8 Å². The Morgan fingerprint density at radius 3 is 1.63 bits per heavy atom. The maximum atomic E-state index is 13.4. The first-order valence-corrected chi connectivity index (χ1v) is 9.29. The van der Waals surface area contributed by atoms with E-state index in [1.165, 1.54) is 12.1 Å². The van der Waals surface area contributed by atoms with E-state index in [1.807, 2.05) is 55.5 Å². The van der Waals surface area contributed by atoms with Crippen LogP contribution >= 0.6 is 23.2 Å². The van der Waals surface area contributed by atoms with Crippen molar-refractivity contribution in [2.24, 2.45) is 0 Å². The standard InChI is InChI=1S/C23H16Cl2FN/c1-14-21(15-6-12-20(26)13-7-15)22(16-2-8-18(24)9-3-16)23(27-14)17-4-10-19(25)11-5-17/h2-13,27H,1H3. The molecule has 0 amide bonds. The van der Waals surface area contributed by atoms with Crippen LogP contribution in [0.2, 0.25) is 10.0 Å². The summed E-state index contributed by atoms with van der Waals surface area (Å²) in [6.45, 7) is 2.03. The summed E-state index contributed by atoms with van der Waals surface area (Å²) in [7, 11) is 0. The van der Waals surface area contributed by atoms with Gasteiger partial charge in [0.1, 0.15) is 5.82 Å². The monoisotopic (exact) mass is 395 g/mol. The smallest absolute Gasteiger partial charge is 0.123 e. The summed E-state index contributed by atoms with van der Waals surface area (Å²) in [5.74, 6) is -0.252. The summed E-state index contributed by atoms with van der Waals surface area (Å²) in [6, 6.07) is 22.0. The van der Waals surface area contributed by atoms with Gasteiger partial charge >= 0.3 is 0 Å². The Morgan fingerprint density at radius 1 is 0.630 bits per heavy atom. The van der Waals surface area contributed by atoms with Gasteiger partial charge in [-0.3, -0.25) is 0 Å². The van der Waals surface area contributed by atoms with Crippen LogP contribution < -0.4 is 0 Å². The van der Waals surface area contributed by atoms with Gasteiger partial charge in [-0.15, -0.1) is 0 Å². The molecule has 4 aromatic rings. The maximum absolute atomic E-state index is 13.4. The number of nitrogens with one attached hydrogen (secondary N) is 1. The number of hydrogen-bond acceptors (Lipinski definition) is 0. The molecular formula is C23H16Cl2FN. The minimum absolute atomic E-state index is 0.252. The zero-order valence-electron chi connectivity index (χ0n) is 14.6. The highest BCUT2D eigenvalue weighted by Crippen LogP contribution is 2.42. The first kappa shape index (κ1) is 17.8. The van der Waals surface area contributed by atoms with E-state index in [9.17, 15) is 4.39 Å². The second kappa shape index (κ2) is 7.22. The summed E-state index contributed by atoms with van der Waals surface area (Å²) >= 11 is 12.1. The number of aromatic amines is 1. The van der Waals surface area contributed by atoms with Crippen LogP contribution in [0.1, 0.15) is 5.69 Å². The predicted octanol–water partition coefficient (Wildman–Crippen LogP) is 7.77. The molecule has 134 valence electrons. The molecule has 27 heavy (non-hydrogen) atoms. The molecule has 0 bridgehead atoms. The van der Waals surface area contributed by atoms with Gasteiger partial charge in [-0.1, -0.05) is 59.6 Å². The third-order valence-corrected chi connectivity index (χ3v) is 5.09. The van der Waals surface area contributed by atoms with Crippen LogP contribution in [0.3, 0.4) is 0 Å². The average Bonchev–Trinajstić information content (AvgIpc) is 3.01. The molecular weight excluding hydrogens is 380 g/mol. The van der Waals surface area contributed by atoms with Gasteiger partial charge in [0.15, 0.2) is 0 Å². The van der Waals surface area contributed by atoms with Crippen molar-refractivity contribution in [3.8, 4) is 33.5 Å². The van der Waals surface area contributed by atoms with E-state index in [4.69, 9.17) is 23.2 Å². The SMILES string of the molecule is Cc1[nH]c(-c2ccc(Cl)cc2)c(-c2ccc(Cl)cc2)c1-c1ccc(F)cc1. The third-order valence-electron chi connectivity index (χ3n) is 4.59. The predicted molar refractivity (Wildman–Crippen MR) is 112 cm³/mol. The van der Waals surface area contributed by atoms with Crippen molar-refractivity contribution in [3.05, 3.63) is 94.4 Å². The Morgan fingerprint density at radius 2 is 1.07 bits per heavy atom. The lowest BCUT2D eigenvalue weighted by Crippen LogP contribution is -1.86. The summed E-state index contributed by atoms with van der Waals surface area (Å²) in [5, 5.41) is 1.37. The zero-order valence-corrected chi connectivity index (χ0v) is 16.1. The van der Waals surface area contributed by atoms with Crippen molar-refractivity contribution < 1.29 is 4.39 Å². The topological polar surface area (TPSA) is 15.8 Å². The van der Waals surface area contributed by atoms with E-state index < -0.39 is 0 Å². The van der Waals surface area contributed by atoms with Crippen molar-refractivity contribution in [2.75, 3.05) is 0 Å². The summed E-state index contributed by atoms with van der Waals surface area (Å²) in [6.07, 6.45) is 0. The number of hydrogen-bond donors (Lipinski definition) is 1. The Hall–Kier alpha value is -2.55. The second-order valence-electron chi connectivity index (χ2n) is 6.40. The van der Waals surface area contributed by atoms with E-state index in [0.29, 0.717) is 10.0 Å². The van der Waals surface area contributed by atoms with Crippen molar-refractivity contribution in [2.45, 2.75) is 6.92 Å². The largest absolute Gasteiger partial charge is 0.358 e. The average molecular weight is 396 g/mol. The van der Waals surface area contributed by atoms with E-state index in [1.54, 1.807) is 12.1 Å². The lowest BCUT2D eigenvalue weighted by atomic mass is 9.93. The van der Waals surface area contributed by atoms with Crippen LogP contribution in [0.4, 0.5) is 4.39 Å². The van der Waals surface area contributed by atoms with Crippen molar-refractivity contribution >= 4 is 23.2 Å². The van der Waals surface area contributed by atoms with Gasteiger partial charge < -0.3 is 4.98 Å². The number of aryl methyl sites for hydroxylation is 1. The molecule has 1 N–H and O–H groups in total. The summed E-state index contributed by atoms with van der Waals surface area (Å²) < 4.78 is 13.4. The Bertz CT molecular complexity index is 1080. The van der Waals surface area contributed by atoms with Crippen LogP contribution in [-0.2, 0) is 0 Å². The normalized spacial score (nSPS) is 11.0. The summed E-state index contributed by atoms with van der Waals surface area (Å²) in [5.41, 5.74) is 7.12. The fourth-order valence-electron chi connectivity index (χ4n) is 3.34. The van der Waals surface area contributed by atoms with Crippen molar-refractivity contribution in [1.29, 1.82) is 0 Å². The van der Waals surface area contributed by atoms with Gasteiger partial charge in [0.2, 0.25) is 0 Å². The van der Waals surface area contributed by atoms with Crippen LogP contribution in [0.5, 0.6) is 0 Å². The maximum Gasteiger partial charge on any atom is 0.123 e. The van der Waals surface area contributed by atoms with Crippen molar-refractivity contribution in [1.82, 2.24) is 4.98 Å². The van der Waals surface area contributed by atoms with Gasteiger partial charge in [0, 0.05) is 26.9 Å². The molecule has 0 saturated carbocycles. The Kier molecular flexibility index (Phi) is 4.77. The molecule has 0 fully saturated rings. The Labute approximate surface area is 167 Å². The molecule has 1 aromatic heterocycles. The van der Waals surface area contributed by atoms with Crippen LogP contribution in [0.25, 0.3) is 33.5 Å². The fraction of sp³-hybridized carbons (Fsp3) is 0.0435. The van der Waals surface area contributed by atoms with E-state index in [2.05, 4.69) is 4.98 Å². The van der Waals surface area contributed by atoms with Gasteiger partial charge in [0.25, 0.3) is 0 Å². The molecule has 0 saturated heterocycles. The van der Waals surface area contributed by atoms with Crippen LogP contribution in [0, 0.1) is 12.7 Å². The lowest BCUT2D eigenvalue weighted by molar-refractivity contribution is 0.628. The first-order chi connectivity index (χ1) is 13.0. The quantitative estimate of drug-likeness (QED) is 0.364. The second-order valence-corrected chi connectivity index (χ2v) is 7.27. The molecule has 1 nitrogen and oxygen atoms in total. The molecule has 0 atom stereocenters. The minimum Gasteiger partial charge on any atom is -0.358 e. The minimum atomic E-state index is -0.252. The molecule has 0 aliphatic carbocycles. The van der Waals surface area contributed by atoms with Gasteiger partial charge in [-0.05, 0) is 60.0 Å². The highest BCUT2D eigenvalue weighted by atomic mass is 35.5. The molecule has 0 aliphatic rings. The lowest BCUT2D eigenvalue weighted by Gasteiger charge is -2.10. The molecule has 0 radical (unpaired) electrons. The van der Waals surface area contributed by atoms with Crippen LogP contribution in [-0.4, -0.2) is 4.98 Å². The third kappa shape index (κ3) is 3.51.